The van der Waals surface area contributed by atoms with Gasteiger partial charge in [-0.3, -0.25) is 4.79 Å². The van der Waals surface area contributed by atoms with E-state index >= 15 is 0 Å². The van der Waals surface area contributed by atoms with Crippen LogP contribution in [0.5, 0.6) is 5.75 Å². The van der Waals surface area contributed by atoms with Crippen LogP contribution >= 0.6 is 11.3 Å². The summed E-state index contributed by atoms with van der Waals surface area (Å²) in [7, 11) is -1.67. The van der Waals surface area contributed by atoms with Crippen LogP contribution in [0, 0.1) is 0 Å². The number of carbonyl (C=O) groups is 1. The molecule has 2 heterocycles. The number of sulfone groups is 1. The molecule has 1 amide bonds. The summed E-state index contributed by atoms with van der Waals surface area (Å²) in [5.41, 5.74) is 1.43. The molecule has 7 heteroatoms. The molecule has 140 valence electrons. The molecular formula is C19H23NO4S2. The van der Waals surface area contributed by atoms with Crippen molar-refractivity contribution in [2.75, 3.05) is 13.4 Å². The molecule has 0 spiro atoms. The highest BCUT2D eigenvalue weighted by atomic mass is 32.2. The highest BCUT2D eigenvalue weighted by Gasteiger charge is 2.35. The fourth-order valence-corrected chi connectivity index (χ4v) is 5.34. The standard InChI is InChI=1S/C19H23NO4S2/c1-13-7-6-9-16(15-8-4-5-10-17(15)24-2)20(13)19(21)14-11-18(25-12-14)26(3,22)23/h4-5,8,10-13,16H,6-7,9H2,1-3H3/t13-,16-/m1/s1. The Morgan fingerprint density at radius 2 is 2.00 bits per heavy atom. The minimum absolute atomic E-state index is 0.0766. The number of likely N-dealkylation sites (tertiary alicyclic amines) is 1. The molecule has 1 fully saturated rings. The first kappa shape index (κ1) is 18.9. The Morgan fingerprint density at radius 1 is 1.27 bits per heavy atom. The zero-order valence-electron chi connectivity index (χ0n) is 15.1. The third kappa shape index (κ3) is 3.64. The number of benzene rings is 1. The third-order valence-electron chi connectivity index (χ3n) is 4.83. The van der Waals surface area contributed by atoms with Gasteiger partial charge in [-0.2, -0.15) is 0 Å². The number of hydrogen-bond donors (Lipinski definition) is 0. The van der Waals surface area contributed by atoms with Gasteiger partial charge in [0.05, 0.1) is 18.7 Å². The Labute approximate surface area is 158 Å². The van der Waals surface area contributed by atoms with Crippen molar-refractivity contribution in [3.8, 4) is 5.75 Å². The van der Waals surface area contributed by atoms with Crippen LogP contribution in [0.4, 0.5) is 0 Å². The summed E-state index contributed by atoms with van der Waals surface area (Å²) in [4.78, 5) is 15.1. The van der Waals surface area contributed by atoms with E-state index in [4.69, 9.17) is 4.74 Å². The lowest BCUT2D eigenvalue weighted by atomic mass is 9.90. The number of rotatable bonds is 4. The van der Waals surface area contributed by atoms with E-state index in [9.17, 15) is 13.2 Å². The van der Waals surface area contributed by atoms with E-state index in [2.05, 4.69) is 0 Å². The molecule has 1 saturated heterocycles. The molecule has 0 N–H and O–H groups in total. The second-order valence-corrected chi connectivity index (χ2v) is 9.83. The van der Waals surface area contributed by atoms with Crippen molar-refractivity contribution in [1.29, 1.82) is 0 Å². The van der Waals surface area contributed by atoms with Gasteiger partial charge in [0.25, 0.3) is 5.91 Å². The molecule has 3 rings (SSSR count). The molecule has 1 aromatic heterocycles. The van der Waals surface area contributed by atoms with Crippen LogP contribution in [-0.2, 0) is 9.84 Å². The number of para-hydroxylation sites is 1. The normalized spacial score (nSPS) is 20.8. The molecular weight excluding hydrogens is 370 g/mol. The van der Waals surface area contributed by atoms with Crippen LogP contribution in [0.3, 0.4) is 0 Å². The maximum atomic E-state index is 13.2. The van der Waals surface area contributed by atoms with Crippen molar-refractivity contribution >= 4 is 27.1 Å². The van der Waals surface area contributed by atoms with E-state index in [1.165, 1.54) is 6.07 Å². The lowest BCUT2D eigenvalue weighted by molar-refractivity contribution is 0.0473. The molecule has 1 aliphatic heterocycles. The lowest BCUT2D eigenvalue weighted by Gasteiger charge is -2.41. The van der Waals surface area contributed by atoms with Gasteiger partial charge in [-0.15, -0.1) is 11.3 Å². The molecule has 0 saturated carbocycles. The Bertz CT molecular complexity index is 904. The predicted molar refractivity (Wildman–Crippen MR) is 103 cm³/mol. The van der Waals surface area contributed by atoms with Gasteiger partial charge in [-0.05, 0) is 38.3 Å². The van der Waals surface area contributed by atoms with Crippen molar-refractivity contribution in [3.05, 3.63) is 46.8 Å². The minimum Gasteiger partial charge on any atom is -0.496 e. The molecule has 26 heavy (non-hydrogen) atoms. The summed E-state index contributed by atoms with van der Waals surface area (Å²) >= 11 is 1.09. The van der Waals surface area contributed by atoms with E-state index in [0.717, 1.165) is 48.2 Å². The number of piperidine rings is 1. The largest absolute Gasteiger partial charge is 0.496 e. The zero-order valence-corrected chi connectivity index (χ0v) is 16.8. The topological polar surface area (TPSA) is 63.7 Å². The Kier molecular flexibility index (Phi) is 5.39. The number of carbonyl (C=O) groups excluding carboxylic acids is 1. The van der Waals surface area contributed by atoms with Crippen molar-refractivity contribution in [2.24, 2.45) is 0 Å². The minimum atomic E-state index is -3.31. The van der Waals surface area contributed by atoms with Crippen LogP contribution in [0.25, 0.3) is 0 Å². The first-order valence-corrected chi connectivity index (χ1v) is 11.3. The van der Waals surface area contributed by atoms with Crippen LogP contribution in [0.2, 0.25) is 0 Å². The second kappa shape index (κ2) is 7.40. The van der Waals surface area contributed by atoms with E-state index in [1.807, 2.05) is 36.1 Å². The third-order valence-corrected chi connectivity index (χ3v) is 7.60. The average Bonchev–Trinajstić information content (AvgIpc) is 3.11. The maximum absolute atomic E-state index is 13.2. The Hall–Kier alpha value is -1.86. The van der Waals surface area contributed by atoms with Crippen molar-refractivity contribution < 1.29 is 17.9 Å². The highest BCUT2D eigenvalue weighted by Crippen LogP contribution is 2.39. The number of methoxy groups -OCH3 is 1. The zero-order chi connectivity index (χ0) is 18.9. The smallest absolute Gasteiger partial charge is 0.255 e. The van der Waals surface area contributed by atoms with Gasteiger partial charge in [0.2, 0.25) is 0 Å². The summed E-state index contributed by atoms with van der Waals surface area (Å²) in [6.45, 7) is 2.04. The summed E-state index contributed by atoms with van der Waals surface area (Å²) < 4.78 is 29.2. The van der Waals surface area contributed by atoms with Gasteiger partial charge in [0.1, 0.15) is 9.96 Å². The number of thiophene rings is 1. The molecule has 2 aromatic rings. The first-order valence-electron chi connectivity index (χ1n) is 8.57. The van der Waals surface area contributed by atoms with Gasteiger partial charge >= 0.3 is 0 Å². The van der Waals surface area contributed by atoms with Crippen molar-refractivity contribution in [3.63, 3.8) is 0 Å². The fourth-order valence-electron chi connectivity index (χ4n) is 3.55. The Morgan fingerprint density at radius 3 is 2.65 bits per heavy atom. The molecule has 1 aromatic carbocycles. The summed E-state index contributed by atoms with van der Waals surface area (Å²) in [6, 6.07) is 9.25. The predicted octanol–water partition coefficient (Wildman–Crippen LogP) is 3.92. The molecule has 0 radical (unpaired) electrons. The maximum Gasteiger partial charge on any atom is 0.255 e. The van der Waals surface area contributed by atoms with Gasteiger partial charge in [-0.1, -0.05) is 18.2 Å². The molecule has 5 nitrogen and oxygen atoms in total. The van der Waals surface area contributed by atoms with Crippen molar-refractivity contribution in [2.45, 2.75) is 42.5 Å². The highest BCUT2D eigenvalue weighted by molar-refractivity contribution is 7.92. The monoisotopic (exact) mass is 393 g/mol. The van der Waals surface area contributed by atoms with Crippen LogP contribution in [0.1, 0.15) is 48.1 Å². The molecule has 1 aliphatic rings. The van der Waals surface area contributed by atoms with Gasteiger partial charge in [-0.25, -0.2) is 8.42 Å². The van der Waals surface area contributed by atoms with E-state index in [0.29, 0.717) is 5.56 Å². The van der Waals surface area contributed by atoms with Gasteiger partial charge in [0.15, 0.2) is 9.84 Å². The average molecular weight is 394 g/mol. The Balaban J connectivity index is 1.98. The van der Waals surface area contributed by atoms with Gasteiger partial charge in [0, 0.05) is 23.2 Å². The number of amides is 1. The summed E-state index contributed by atoms with van der Waals surface area (Å²) in [6.07, 6.45) is 3.99. The molecule has 0 aliphatic carbocycles. The van der Waals surface area contributed by atoms with Crippen LogP contribution in [-0.4, -0.2) is 38.6 Å². The van der Waals surface area contributed by atoms with Gasteiger partial charge < -0.3 is 9.64 Å². The van der Waals surface area contributed by atoms with E-state index < -0.39 is 9.84 Å². The summed E-state index contributed by atoms with van der Waals surface area (Å²) in [5, 5.41) is 1.64. The van der Waals surface area contributed by atoms with Crippen LogP contribution in [0.15, 0.2) is 39.9 Å². The van der Waals surface area contributed by atoms with E-state index in [1.54, 1.807) is 12.5 Å². The number of hydrogen-bond acceptors (Lipinski definition) is 5. The summed E-state index contributed by atoms with van der Waals surface area (Å²) in [5.74, 6) is 0.644. The first-order chi connectivity index (χ1) is 12.3. The quantitative estimate of drug-likeness (QED) is 0.790. The lowest BCUT2D eigenvalue weighted by Crippen LogP contribution is -2.44. The second-order valence-electron chi connectivity index (χ2n) is 6.68. The SMILES string of the molecule is COc1ccccc1[C@H]1CCC[C@@H](C)N1C(=O)c1csc(S(C)(=O)=O)c1. The fraction of sp³-hybridized carbons (Fsp3) is 0.421. The molecule has 2 atom stereocenters. The van der Waals surface area contributed by atoms with Crippen molar-refractivity contribution in [1.82, 2.24) is 4.90 Å². The van der Waals surface area contributed by atoms with Crippen LogP contribution < -0.4 is 4.74 Å². The number of nitrogens with zero attached hydrogens (tertiary/aromatic N) is 1. The van der Waals surface area contributed by atoms with E-state index in [-0.39, 0.29) is 22.2 Å². The number of ether oxygens (including phenoxy) is 1. The molecule has 0 unspecified atom stereocenters. The molecule has 0 bridgehead atoms.